The molecular formula is C18H16O5. The van der Waals surface area contributed by atoms with E-state index < -0.39 is 12.3 Å². The van der Waals surface area contributed by atoms with Crippen molar-refractivity contribution in [2.45, 2.75) is 32.7 Å². The van der Waals surface area contributed by atoms with E-state index in [0.717, 1.165) is 12.0 Å². The van der Waals surface area contributed by atoms with Crippen LogP contribution in [0, 0.1) is 5.92 Å². The van der Waals surface area contributed by atoms with Gasteiger partial charge in [-0.25, -0.2) is 9.59 Å². The Morgan fingerprint density at radius 1 is 1.17 bits per heavy atom. The van der Waals surface area contributed by atoms with Gasteiger partial charge < -0.3 is 14.2 Å². The molecule has 2 aliphatic heterocycles. The lowest BCUT2D eigenvalue weighted by Gasteiger charge is -2.15. The molecule has 0 saturated carbocycles. The van der Waals surface area contributed by atoms with Crippen LogP contribution in [0.5, 0.6) is 0 Å². The highest BCUT2D eigenvalue weighted by atomic mass is 16.7. The topological polar surface area (TPSA) is 61.8 Å². The van der Waals surface area contributed by atoms with Gasteiger partial charge in [-0.1, -0.05) is 24.3 Å². The zero-order chi connectivity index (χ0) is 16.1. The zero-order valence-electron chi connectivity index (χ0n) is 12.9. The summed E-state index contributed by atoms with van der Waals surface area (Å²) >= 11 is 0. The Bertz CT molecular complexity index is 773. The van der Waals surface area contributed by atoms with Crippen molar-refractivity contribution in [3.05, 3.63) is 58.4 Å². The van der Waals surface area contributed by atoms with Gasteiger partial charge in [0.2, 0.25) is 0 Å². The number of ether oxygens (including phenoxy) is 3. The lowest BCUT2D eigenvalue weighted by molar-refractivity contribution is -0.153. The van der Waals surface area contributed by atoms with Crippen molar-refractivity contribution >= 4 is 11.9 Å². The summed E-state index contributed by atoms with van der Waals surface area (Å²) in [5, 5.41) is 0. The van der Waals surface area contributed by atoms with Crippen molar-refractivity contribution in [1.29, 1.82) is 0 Å². The van der Waals surface area contributed by atoms with E-state index in [0.29, 0.717) is 16.9 Å². The Labute approximate surface area is 133 Å². The van der Waals surface area contributed by atoms with Gasteiger partial charge in [0.25, 0.3) is 6.29 Å². The van der Waals surface area contributed by atoms with Crippen LogP contribution in [0.4, 0.5) is 0 Å². The normalized spacial score (nSPS) is 30.3. The molecule has 1 saturated heterocycles. The SMILES string of the molecule is CC1=CC(O/C(C)=C2\C(=O)OC3c4ccccc4CC23)OC1=O. The zero-order valence-corrected chi connectivity index (χ0v) is 12.9. The number of fused-ring (bicyclic) bond motifs is 3. The van der Waals surface area contributed by atoms with Crippen LogP contribution in [0.25, 0.3) is 0 Å². The maximum absolute atomic E-state index is 12.3. The third kappa shape index (κ3) is 2.15. The number of carbonyl (C=O) groups is 2. The third-order valence-corrected chi connectivity index (χ3v) is 4.60. The number of cyclic esters (lactones) is 1. The molecule has 0 N–H and O–H groups in total. The molecule has 1 aromatic carbocycles. The van der Waals surface area contributed by atoms with Crippen LogP contribution in [0.3, 0.4) is 0 Å². The minimum atomic E-state index is -0.773. The molecule has 1 aliphatic carbocycles. The first-order valence-electron chi connectivity index (χ1n) is 7.60. The number of benzene rings is 1. The van der Waals surface area contributed by atoms with Crippen molar-refractivity contribution in [3.8, 4) is 0 Å². The quantitative estimate of drug-likeness (QED) is 0.477. The average Bonchev–Trinajstić information content (AvgIpc) is 3.11. The summed E-state index contributed by atoms with van der Waals surface area (Å²) in [6, 6.07) is 7.99. The van der Waals surface area contributed by atoms with Crippen LogP contribution >= 0.6 is 0 Å². The number of rotatable bonds is 2. The smallest absolute Gasteiger partial charge is 0.338 e. The molecule has 0 spiro atoms. The number of hydrogen-bond acceptors (Lipinski definition) is 5. The van der Waals surface area contributed by atoms with Crippen molar-refractivity contribution in [1.82, 2.24) is 0 Å². The van der Waals surface area contributed by atoms with Crippen LogP contribution in [0.15, 0.2) is 47.2 Å². The van der Waals surface area contributed by atoms with E-state index in [1.807, 2.05) is 18.2 Å². The number of allylic oxidation sites excluding steroid dienone is 1. The van der Waals surface area contributed by atoms with Crippen LogP contribution in [0.1, 0.15) is 31.1 Å². The standard InChI is InChI=1S/C18H16O5/c1-9-7-14(22-17(9)19)21-10(2)15-13-8-11-5-3-4-6-12(11)16(13)23-18(15)20/h3-7,13-14,16H,8H2,1-2H3/b15-10-. The van der Waals surface area contributed by atoms with Gasteiger partial charge in [-0.05, 0) is 31.4 Å². The third-order valence-electron chi connectivity index (χ3n) is 4.60. The Kier molecular flexibility index (Phi) is 3.04. The number of hydrogen-bond donors (Lipinski definition) is 0. The molecule has 0 aromatic heterocycles. The monoisotopic (exact) mass is 312 g/mol. The summed E-state index contributed by atoms with van der Waals surface area (Å²) in [4.78, 5) is 23.7. The second-order valence-corrected chi connectivity index (χ2v) is 6.05. The van der Waals surface area contributed by atoms with E-state index in [2.05, 4.69) is 6.07 Å². The van der Waals surface area contributed by atoms with Gasteiger partial charge in [0.05, 0.1) is 5.57 Å². The van der Waals surface area contributed by atoms with Gasteiger partial charge in [0.1, 0.15) is 11.9 Å². The molecule has 3 unspecified atom stereocenters. The summed E-state index contributed by atoms with van der Waals surface area (Å²) in [6.07, 6.45) is 1.34. The summed E-state index contributed by atoms with van der Waals surface area (Å²) in [7, 11) is 0. The van der Waals surface area contributed by atoms with Crippen molar-refractivity contribution in [3.63, 3.8) is 0 Å². The first-order chi connectivity index (χ1) is 11.0. The molecule has 0 amide bonds. The summed E-state index contributed by atoms with van der Waals surface area (Å²) in [6.45, 7) is 3.39. The molecule has 5 heteroatoms. The minimum Gasteiger partial charge on any atom is -0.455 e. The van der Waals surface area contributed by atoms with Gasteiger partial charge in [-0.15, -0.1) is 0 Å². The Balaban J connectivity index is 1.62. The number of carbonyl (C=O) groups excluding carboxylic acids is 2. The maximum atomic E-state index is 12.3. The molecule has 23 heavy (non-hydrogen) atoms. The lowest BCUT2D eigenvalue weighted by Crippen LogP contribution is -2.15. The lowest BCUT2D eigenvalue weighted by atomic mass is 9.96. The van der Waals surface area contributed by atoms with Gasteiger partial charge in [-0.2, -0.15) is 0 Å². The molecule has 4 rings (SSSR count). The highest BCUT2D eigenvalue weighted by Crippen LogP contribution is 2.48. The fourth-order valence-corrected chi connectivity index (χ4v) is 3.49. The molecule has 0 bridgehead atoms. The molecule has 3 aliphatic rings. The van der Waals surface area contributed by atoms with Crippen LogP contribution in [-0.4, -0.2) is 18.2 Å². The van der Waals surface area contributed by atoms with Crippen molar-refractivity contribution in [2.24, 2.45) is 5.92 Å². The van der Waals surface area contributed by atoms with E-state index in [-0.39, 0.29) is 18.0 Å². The largest absolute Gasteiger partial charge is 0.455 e. The average molecular weight is 312 g/mol. The molecular weight excluding hydrogens is 296 g/mol. The van der Waals surface area contributed by atoms with Crippen LogP contribution < -0.4 is 0 Å². The van der Waals surface area contributed by atoms with Gasteiger partial charge in [0, 0.05) is 17.6 Å². The van der Waals surface area contributed by atoms with E-state index >= 15 is 0 Å². The minimum absolute atomic E-state index is 0.0397. The second-order valence-electron chi connectivity index (χ2n) is 6.05. The van der Waals surface area contributed by atoms with Gasteiger partial charge in [0.15, 0.2) is 0 Å². The first kappa shape index (κ1) is 14.1. The fourth-order valence-electron chi connectivity index (χ4n) is 3.49. The van der Waals surface area contributed by atoms with E-state index in [4.69, 9.17) is 14.2 Å². The van der Waals surface area contributed by atoms with Crippen molar-refractivity contribution < 1.29 is 23.8 Å². The van der Waals surface area contributed by atoms with Gasteiger partial charge >= 0.3 is 11.9 Å². The Morgan fingerprint density at radius 2 is 1.96 bits per heavy atom. The summed E-state index contributed by atoms with van der Waals surface area (Å²) < 4.78 is 16.3. The van der Waals surface area contributed by atoms with Crippen LogP contribution in [0.2, 0.25) is 0 Å². The van der Waals surface area contributed by atoms with Crippen molar-refractivity contribution in [2.75, 3.05) is 0 Å². The molecule has 2 heterocycles. The summed E-state index contributed by atoms with van der Waals surface area (Å²) in [5.41, 5.74) is 3.31. The first-order valence-corrected chi connectivity index (χ1v) is 7.60. The second kappa shape index (κ2) is 4.98. The number of esters is 2. The predicted molar refractivity (Wildman–Crippen MR) is 79.9 cm³/mol. The van der Waals surface area contributed by atoms with E-state index in [1.165, 1.54) is 5.56 Å². The van der Waals surface area contributed by atoms with E-state index in [9.17, 15) is 9.59 Å². The summed E-state index contributed by atoms with van der Waals surface area (Å²) in [5.74, 6) is -0.328. The molecule has 1 aromatic rings. The van der Waals surface area contributed by atoms with E-state index in [1.54, 1.807) is 19.9 Å². The Hall–Kier alpha value is -2.56. The fraction of sp³-hybridized carbons (Fsp3) is 0.333. The van der Waals surface area contributed by atoms with Crippen LogP contribution in [-0.2, 0) is 30.2 Å². The maximum Gasteiger partial charge on any atom is 0.338 e. The van der Waals surface area contributed by atoms with Gasteiger partial charge in [-0.3, -0.25) is 0 Å². The Morgan fingerprint density at radius 3 is 2.70 bits per heavy atom. The highest BCUT2D eigenvalue weighted by molar-refractivity contribution is 5.93. The predicted octanol–water partition coefficient (Wildman–Crippen LogP) is 2.58. The molecule has 3 atom stereocenters. The molecule has 118 valence electrons. The molecule has 5 nitrogen and oxygen atoms in total. The molecule has 0 radical (unpaired) electrons. The molecule has 1 fully saturated rings. The highest BCUT2D eigenvalue weighted by Gasteiger charge is 2.47.